The van der Waals surface area contributed by atoms with E-state index in [1.54, 1.807) is 25.1 Å². The average molecular weight is 322 g/mol. The Labute approximate surface area is 130 Å². The van der Waals surface area contributed by atoms with Gasteiger partial charge < -0.3 is 19.0 Å². The van der Waals surface area contributed by atoms with Crippen LogP contribution in [0.5, 0.6) is 11.5 Å². The molecular weight excluding hydrogens is 308 g/mol. The molecule has 1 N–H and O–H groups in total. The van der Waals surface area contributed by atoms with E-state index in [1.807, 2.05) is 0 Å². The fraction of sp³-hybridized carbons (Fsp3) is 0.214. The van der Waals surface area contributed by atoms with Crippen LogP contribution >= 0.6 is 11.8 Å². The Morgan fingerprint density at radius 1 is 1.32 bits per heavy atom. The van der Waals surface area contributed by atoms with Crippen LogP contribution in [0.25, 0.3) is 6.08 Å². The number of aryl methyl sites for hydroxylation is 1. The van der Waals surface area contributed by atoms with Gasteiger partial charge >= 0.3 is 5.97 Å². The van der Waals surface area contributed by atoms with Crippen molar-refractivity contribution in [1.29, 1.82) is 0 Å². The quantitative estimate of drug-likeness (QED) is 0.640. The van der Waals surface area contributed by atoms with Crippen molar-refractivity contribution >= 4 is 23.8 Å². The number of nitrogens with zero attached hydrogens (tertiary/aromatic N) is 2. The molecule has 1 heterocycles. The second-order valence-corrected chi connectivity index (χ2v) is 5.10. The summed E-state index contributed by atoms with van der Waals surface area (Å²) >= 11 is 0.870. The van der Waals surface area contributed by atoms with Gasteiger partial charge in [-0.05, 0) is 36.0 Å². The molecule has 2 rings (SSSR count). The number of aliphatic carboxylic acids is 1. The first-order valence-corrected chi connectivity index (χ1v) is 7.00. The molecule has 0 aliphatic heterocycles. The van der Waals surface area contributed by atoms with E-state index in [0.29, 0.717) is 23.0 Å². The SMILES string of the molecule is COc1ccc(OC)c(/C=C(\Sc2nnc(C)o2)C(=O)O)c1. The lowest BCUT2D eigenvalue weighted by Gasteiger charge is -2.08. The van der Waals surface area contributed by atoms with Crippen molar-refractivity contribution in [2.45, 2.75) is 12.1 Å². The molecule has 0 bridgehead atoms. The largest absolute Gasteiger partial charge is 0.497 e. The maximum absolute atomic E-state index is 11.4. The monoisotopic (exact) mass is 322 g/mol. The molecule has 8 heteroatoms. The normalized spacial score (nSPS) is 11.3. The third kappa shape index (κ3) is 3.79. The number of carbonyl (C=O) groups is 1. The van der Waals surface area contributed by atoms with Gasteiger partial charge in [0.1, 0.15) is 16.4 Å². The second-order valence-electron chi connectivity index (χ2n) is 4.11. The van der Waals surface area contributed by atoms with E-state index in [2.05, 4.69) is 10.2 Å². The number of thioether (sulfide) groups is 1. The molecule has 116 valence electrons. The van der Waals surface area contributed by atoms with Crippen LogP contribution < -0.4 is 9.47 Å². The Bertz CT molecular complexity index is 711. The smallest absolute Gasteiger partial charge is 0.342 e. The van der Waals surface area contributed by atoms with Gasteiger partial charge in [0.2, 0.25) is 5.89 Å². The van der Waals surface area contributed by atoms with E-state index < -0.39 is 5.97 Å². The van der Waals surface area contributed by atoms with Gasteiger partial charge in [-0.2, -0.15) is 0 Å². The Morgan fingerprint density at radius 2 is 2.09 bits per heavy atom. The van der Waals surface area contributed by atoms with Crippen molar-refractivity contribution in [2.24, 2.45) is 0 Å². The third-order valence-corrected chi connectivity index (χ3v) is 3.49. The van der Waals surface area contributed by atoms with Crippen LogP contribution in [0, 0.1) is 6.92 Å². The van der Waals surface area contributed by atoms with Gasteiger partial charge in [-0.3, -0.25) is 0 Å². The van der Waals surface area contributed by atoms with E-state index in [1.165, 1.54) is 20.3 Å². The number of rotatable bonds is 6. The van der Waals surface area contributed by atoms with Gasteiger partial charge in [0.05, 0.1) is 14.2 Å². The zero-order chi connectivity index (χ0) is 16.1. The molecule has 2 aromatic rings. The summed E-state index contributed by atoms with van der Waals surface area (Å²) in [6, 6.07) is 5.11. The summed E-state index contributed by atoms with van der Waals surface area (Å²) in [6.45, 7) is 1.63. The van der Waals surface area contributed by atoms with Gasteiger partial charge in [-0.1, -0.05) is 0 Å². The fourth-order valence-electron chi connectivity index (χ4n) is 1.64. The van der Waals surface area contributed by atoms with Gasteiger partial charge in [-0.15, -0.1) is 10.2 Å². The zero-order valence-corrected chi connectivity index (χ0v) is 13.0. The summed E-state index contributed by atoms with van der Waals surface area (Å²) in [5.41, 5.74) is 0.572. The summed E-state index contributed by atoms with van der Waals surface area (Å²) < 4.78 is 15.5. The first kappa shape index (κ1) is 15.9. The Kier molecular flexibility index (Phi) is 5.05. The summed E-state index contributed by atoms with van der Waals surface area (Å²) in [6.07, 6.45) is 1.47. The van der Waals surface area contributed by atoms with Crippen LogP contribution in [0.3, 0.4) is 0 Å². The minimum atomic E-state index is -1.11. The summed E-state index contributed by atoms with van der Waals surface area (Å²) in [4.78, 5) is 11.4. The highest BCUT2D eigenvalue weighted by Crippen LogP contribution is 2.31. The molecule has 1 aromatic carbocycles. The second kappa shape index (κ2) is 6.99. The van der Waals surface area contributed by atoms with E-state index >= 15 is 0 Å². The molecule has 0 spiro atoms. The molecule has 0 unspecified atom stereocenters. The molecule has 0 radical (unpaired) electrons. The first-order valence-electron chi connectivity index (χ1n) is 6.18. The van der Waals surface area contributed by atoms with Crippen molar-refractivity contribution < 1.29 is 23.8 Å². The van der Waals surface area contributed by atoms with Crippen molar-refractivity contribution in [2.75, 3.05) is 14.2 Å². The minimum Gasteiger partial charge on any atom is -0.497 e. The number of aromatic nitrogens is 2. The molecule has 0 aliphatic carbocycles. The molecule has 0 aliphatic rings. The summed E-state index contributed by atoms with van der Waals surface area (Å²) in [5, 5.41) is 16.9. The Hall–Kier alpha value is -2.48. The molecule has 0 amide bonds. The van der Waals surface area contributed by atoms with Gasteiger partial charge in [0, 0.05) is 12.5 Å². The van der Waals surface area contributed by atoms with E-state index in [4.69, 9.17) is 13.9 Å². The Morgan fingerprint density at radius 3 is 2.64 bits per heavy atom. The highest BCUT2D eigenvalue weighted by molar-refractivity contribution is 8.03. The maximum atomic E-state index is 11.4. The van der Waals surface area contributed by atoms with E-state index in [0.717, 1.165) is 11.8 Å². The lowest BCUT2D eigenvalue weighted by atomic mass is 10.1. The topological polar surface area (TPSA) is 94.7 Å². The molecule has 1 aromatic heterocycles. The minimum absolute atomic E-state index is 0.0233. The van der Waals surface area contributed by atoms with E-state index in [-0.39, 0.29) is 10.1 Å². The van der Waals surface area contributed by atoms with Crippen LogP contribution in [0.15, 0.2) is 32.7 Å². The fourth-order valence-corrected chi connectivity index (χ4v) is 2.35. The first-order chi connectivity index (χ1) is 10.5. The van der Waals surface area contributed by atoms with Crippen molar-refractivity contribution in [3.63, 3.8) is 0 Å². The number of carboxylic acid groups (broad SMARTS) is 1. The molecule has 0 saturated carbocycles. The third-order valence-electron chi connectivity index (χ3n) is 2.64. The van der Waals surface area contributed by atoms with Crippen molar-refractivity contribution in [3.8, 4) is 11.5 Å². The molecular formula is C14H14N2O5S. The molecule has 22 heavy (non-hydrogen) atoms. The number of carboxylic acids is 1. The highest BCUT2D eigenvalue weighted by atomic mass is 32.2. The van der Waals surface area contributed by atoms with Crippen LogP contribution in [-0.2, 0) is 4.79 Å². The predicted molar refractivity (Wildman–Crippen MR) is 80.1 cm³/mol. The molecule has 0 fully saturated rings. The summed E-state index contributed by atoms with van der Waals surface area (Å²) in [7, 11) is 3.04. The lowest BCUT2D eigenvalue weighted by molar-refractivity contribution is -0.131. The standard InChI is InChI=1S/C14H14N2O5S/c1-8-15-16-14(21-8)22-12(13(17)18)7-9-6-10(19-2)4-5-11(9)20-3/h4-7H,1-3H3,(H,17,18)/b12-7-. The van der Waals surface area contributed by atoms with Crippen LogP contribution in [-0.4, -0.2) is 35.5 Å². The van der Waals surface area contributed by atoms with Crippen LogP contribution in [0.4, 0.5) is 0 Å². The predicted octanol–water partition coefficient (Wildman–Crippen LogP) is 2.61. The lowest BCUT2D eigenvalue weighted by Crippen LogP contribution is -1.98. The highest BCUT2D eigenvalue weighted by Gasteiger charge is 2.15. The number of hydrogen-bond donors (Lipinski definition) is 1. The number of hydrogen-bond acceptors (Lipinski definition) is 7. The number of benzene rings is 1. The molecule has 0 atom stereocenters. The van der Waals surface area contributed by atoms with E-state index in [9.17, 15) is 9.90 Å². The maximum Gasteiger partial charge on any atom is 0.342 e. The van der Waals surface area contributed by atoms with Gasteiger partial charge in [-0.25, -0.2) is 4.79 Å². The molecule has 0 saturated heterocycles. The zero-order valence-electron chi connectivity index (χ0n) is 12.2. The number of methoxy groups -OCH3 is 2. The van der Waals surface area contributed by atoms with Crippen molar-refractivity contribution in [1.82, 2.24) is 10.2 Å². The molecule has 7 nitrogen and oxygen atoms in total. The van der Waals surface area contributed by atoms with Crippen LogP contribution in [0.2, 0.25) is 0 Å². The number of ether oxygens (including phenoxy) is 2. The van der Waals surface area contributed by atoms with Crippen LogP contribution in [0.1, 0.15) is 11.5 Å². The van der Waals surface area contributed by atoms with Gasteiger partial charge in [0.15, 0.2) is 0 Å². The van der Waals surface area contributed by atoms with Gasteiger partial charge in [0.25, 0.3) is 5.22 Å². The summed E-state index contributed by atoms with van der Waals surface area (Å²) in [5.74, 6) is 0.384. The Balaban J connectivity index is 2.39. The van der Waals surface area contributed by atoms with Crippen molar-refractivity contribution in [3.05, 3.63) is 34.6 Å². The average Bonchev–Trinajstić information content (AvgIpc) is 2.91.